The smallest absolute Gasteiger partial charge is 0.231 e. The molecule has 8 nitrogen and oxygen atoms in total. The third-order valence-corrected chi connectivity index (χ3v) is 4.69. The third-order valence-electron chi connectivity index (χ3n) is 4.69. The van der Waals surface area contributed by atoms with Crippen LogP contribution < -0.4 is 10.2 Å². The summed E-state index contributed by atoms with van der Waals surface area (Å²) in [5, 5.41) is 3.29. The van der Waals surface area contributed by atoms with Crippen molar-refractivity contribution in [2.45, 2.75) is 6.92 Å². The van der Waals surface area contributed by atoms with Gasteiger partial charge in [-0.2, -0.15) is 9.97 Å². The first-order valence-corrected chi connectivity index (χ1v) is 8.63. The molecule has 1 aromatic carbocycles. The van der Waals surface area contributed by atoms with Crippen molar-refractivity contribution in [3.8, 4) is 0 Å². The maximum Gasteiger partial charge on any atom is 0.231 e. The average Bonchev–Trinajstić information content (AvgIpc) is 3.10. The Morgan fingerprint density at radius 2 is 2.00 bits per heavy atom. The van der Waals surface area contributed by atoms with Crippen LogP contribution in [0.25, 0.3) is 11.2 Å². The first-order valence-electron chi connectivity index (χ1n) is 8.63. The largest absolute Gasteiger partial charge is 0.352 e. The molecule has 3 aromatic rings. The number of rotatable bonds is 4. The summed E-state index contributed by atoms with van der Waals surface area (Å²) in [6.07, 6.45) is 1.66. The highest BCUT2D eigenvalue weighted by Gasteiger charge is 2.20. The predicted octanol–water partition coefficient (Wildman–Crippen LogP) is 2.49. The Morgan fingerprint density at radius 3 is 2.73 bits per heavy atom. The Morgan fingerprint density at radius 1 is 1.19 bits per heavy atom. The number of imidazole rings is 1. The molecule has 1 aliphatic rings. The number of aryl methyl sites for hydroxylation is 1. The Bertz CT molecular complexity index is 940. The molecule has 0 bridgehead atoms. The zero-order valence-corrected chi connectivity index (χ0v) is 15.0. The summed E-state index contributed by atoms with van der Waals surface area (Å²) in [6, 6.07) is 5.89. The number of anilines is 3. The fraction of sp³-hybridized carbons (Fsp3) is 0.333. The Kier molecular flexibility index (Phi) is 4.26. The quantitative estimate of drug-likeness (QED) is 0.703. The van der Waals surface area contributed by atoms with Gasteiger partial charge in [0.05, 0.1) is 12.0 Å². The maximum atomic E-state index is 4.77. The number of aromatic nitrogens is 4. The molecule has 0 spiro atoms. The number of benzene rings is 1. The molecule has 1 fully saturated rings. The lowest BCUT2D eigenvalue weighted by Crippen LogP contribution is -2.45. The second-order valence-electron chi connectivity index (χ2n) is 6.55. The van der Waals surface area contributed by atoms with Gasteiger partial charge in [0, 0.05) is 31.9 Å². The van der Waals surface area contributed by atoms with Crippen molar-refractivity contribution in [1.29, 1.82) is 0 Å². The molecule has 0 aliphatic carbocycles. The molecule has 0 amide bonds. The topological polar surface area (TPSA) is 85.3 Å². The number of likely N-dealkylation sites (N-methyl/N-ethyl adjacent to an activating group) is 1. The Balaban J connectivity index is 1.67. The molecule has 4 rings (SSSR count). The van der Waals surface area contributed by atoms with E-state index in [4.69, 9.17) is 4.98 Å². The van der Waals surface area contributed by atoms with Gasteiger partial charge in [-0.15, -0.1) is 0 Å². The summed E-state index contributed by atoms with van der Waals surface area (Å²) >= 11 is 0. The molecular weight excluding hydrogens is 328 g/mol. The van der Waals surface area contributed by atoms with Gasteiger partial charge in [-0.05, 0) is 44.5 Å². The molecule has 0 atom stereocenters. The Labute approximate surface area is 152 Å². The van der Waals surface area contributed by atoms with Crippen molar-refractivity contribution < 1.29 is 0 Å². The molecule has 0 saturated carbocycles. The highest BCUT2D eigenvalue weighted by molar-refractivity contribution is 5.85. The van der Waals surface area contributed by atoms with Gasteiger partial charge in [-0.3, -0.25) is 4.99 Å². The summed E-state index contributed by atoms with van der Waals surface area (Å²) in [5.41, 5.74) is 4.37. The predicted molar refractivity (Wildman–Crippen MR) is 105 cm³/mol. The van der Waals surface area contributed by atoms with Gasteiger partial charge >= 0.3 is 0 Å². The molecular formula is C18H22N8. The van der Waals surface area contributed by atoms with Crippen molar-refractivity contribution in [3.05, 3.63) is 30.1 Å². The minimum absolute atomic E-state index is 0.539. The number of aromatic amines is 1. The second-order valence-corrected chi connectivity index (χ2v) is 6.55. The molecule has 3 heterocycles. The summed E-state index contributed by atoms with van der Waals surface area (Å²) in [4.78, 5) is 25.4. The van der Waals surface area contributed by atoms with Crippen LogP contribution >= 0.6 is 0 Å². The third kappa shape index (κ3) is 3.11. The molecule has 8 heteroatoms. The van der Waals surface area contributed by atoms with E-state index >= 15 is 0 Å². The molecule has 0 radical (unpaired) electrons. The summed E-state index contributed by atoms with van der Waals surface area (Å²) in [6.45, 7) is 9.47. The van der Waals surface area contributed by atoms with Gasteiger partial charge in [0.2, 0.25) is 5.95 Å². The molecule has 26 heavy (non-hydrogen) atoms. The van der Waals surface area contributed by atoms with Crippen molar-refractivity contribution in [3.63, 3.8) is 0 Å². The maximum absolute atomic E-state index is 4.77. The number of piperazine rings is 1. The van der Waals surface area contributed by atoms with Crippen LogP contribution in [0.4, 0.5) is 23.1 Å². The van der Waals surface area contributed by atoms with Crippen LogP contribution in [-0.2, 0) is 0 Å². The van der Waals surface area contributed by atoms with Crippen LogP contribution in [0.15, 0.2) is 29.5 Å². The van der Waals surface area contributed by atoms with Crippen LogP contribution in [0.5, 0.6) is 0 Å². The summed E-state index contributed by atoms with van der Waals surface area (Å²) in [5.74, 6) is 1.43. The van der Waals surface area contributed by atoms with E-state index in [1.807, 2.05) is 25.1 Å². The molecule has 1 saturated heterocycles. The van der Waals surface area contributed by atoms with Gasteiger partial charge in [0.1, 0.15) is 5.52 Å². The fourth-order valence-corrected chi connectivity index (χ4v) is 3.16. The van der Waals surface area contributed by atoms with Crippen LogP contribution in [0, 0.1) is 6.92 Å². The number of aliphatic imine (C=N–C) groups is 1. The van der Waals surface area contributed by atoms with Gasteiger partial charge in [-0.25, -0.2) is 4.98 Å². The second kappa shape index (κ2) is 6.72. The summed E-state index contributed by atoms with van der Waals surface area (Å²) in [7, 11) is 2.14. The molecule has 134 valence electrons. The van der Waals surface area contributed by atoms with E-state index in [-0.39, 0.29) is 0 Å². The zero-order chi connectivity index (χ0) is 18.1. The monoisotopic (exact) mass is 350 g/mol. The zero-order valence-electron chi connectivity index (χ0n) is 15.0. The number of hydrogen-bond donors (Lipinski definition) is 2. The Hall–Kier alpha value is -3.00. The normalized spacial score (nSPS) is 15.4. The van der Waals surface area contributed by atoms with E-state index in [0.717, 1.165) is 54.5 Å². The van der Waals surface area contributed by atoms with Crippen molar-refractivity contribution in [2.24, 2.45) is 4.99 Å². The van der Waals surface area contributed by atoms with Crippen molar-refractivity contribution >= 4 is 41.0 Å². The first-order chi connectivity index (χ1) is 12.6. The standard InChI is InChI=1S/C18H22N8/c1-12-10-13(4-5-14(12)19-2)22-18-23-16-15(20-11-21-16)17(24-18)26-8-6-25(3)7-9-26/h4-5,10-11H,2,6-9H2,1,3H3,(H2,20,21,22,23,24). The van der Waals surface area contributed by atoms with Gasteiger partial charge < -0.3 is 20.1 Å². The summed E-state index contributed by atoms with van der Waals surface area (Å²) < 4.78 is 0. The highest BCUT2D eigenvalue weighted by atomic mass is 15.3. The van der Waals surface area contributed by atoms with E-state index < -0.39 is 0 Å². The minimum atomic E-state index is 0.539. The van der Waals surface area contributed by atoms with E-state index in [0.29, 0.717) is 11.6 Å². The van der Waals surface area contributed by atoms with Crippen molar-refractivity contribution in [1.82, 2.24) is 24.8 Å². The molecule has 1 aliphatic heterocycles. The fourth-order valence-electron chi connectivity index (χ4n) is 3.16. The SMILES string of the molecule is C=Nc1ccc(Nc2nc(N3CCN(C)CC3)c3[nH]cnc3n2)cc1C. The van der Waals surface area contributed by atoms with E-state index in [2.05, 4.69) is 48.8 Å². The number of nitrogens with zero attached hydrogens (tertiary/aromatic N) is 6. The van der Waals surface area contributed by atoms with E-state index in [9.17, 15) is 0 Å². The molecule has 0 unspecified atom stereocenters. The van der Waals surface area contributed by atoms with Crippen LogP contribution in [-0.4, -0.2) is 64.8 Å². The number of fused-ring (bicyclic) bond motifs is 1. The van der Waals surface area contributed by atoms with E-state index in [1.165, 1.54) is 0 Å². The van der Waals surface area contributed by atoms with Crippen LogP contribution in [0.3, 0.4) is 0 Å². The molecule has 2 N–H and O–H groups in total. The van der Waals surface area contributed by atoms with Gasteiger partial charge in [0.15, 0.2) is 11.5 Å². The van der Waals surface area contributed by atoms with Gasteiger partial charge in [0.25, 0.3) is 0 Å². The lowest BCUT2D eigenvalue weighted by atomic mass is 10.2. The van der Waals surface area contributed by atoms with Crippen molar-refractivity contribution in [2.75, 3.05) is 43.4 Å². The van der Waals surface area contributed by atoms with Crippen LogP contribution in [0.1, 0.15) is 5.56 Å². The highest BCUT2D eigenvalue weighted by Crippen LogP contribution is 2.27. The van der Waals surface area contributed by atoms with Gasteiger partial charge in [-0.1, -0.05) is 0 Å². The average molecular weight is 350 g/mol. The first kappa shape index (κ1) is 16.5. The lowest BCUT2D eigenvalue weighted by molar-refractivity contribution is 0.312. The number of nitrogens with one attached hydrogen (secondary N) is 2. The van der Waals surface area contributed by atoms with E-state index in [1.54, 1.807) is 6.33 Å². The minimum Gasteiger partial charge on any atom is -0.352 e. The number of hydrogen-bond acceptors (Lipinski definition) is 7. The van der Waals surface area contributed by atoms with Crippen LogP contribution in [0.2, 0.25) is 0 Å². The lowest BCUT2D eigenvalue weighted by Gasteiger charge is -2.33. The number of H-pyrrole nitrogens is 1. The molecule has 2 aromatic heterocycles.